The van der Waals surface area contributed by atoms with E-state index in [1.165, 1.54) is 0 Å². The Hall–Kier alpha value is -1.38. The van der Waals surface area contributed by atoms with E-state index in [-0.39, 0.29) is 2.85 Å². The third kappa shape index (κ3) is 0.603. The van der Waals surface area contributed by atoms with E-state index < -0.39 is 0 Å². The van der Waals surface area contributed by atoms with E-state index in [2.05, 4.69) is 9.97 Å². The summed E-state index contributed by atoms with van der Waals surface area (Å²) in [5, 5.41) is 0. The maximum atomic E-state index is 4.12. The normalized spacial score (nSPS) is 10.5. The predicted octanol–water partition coefficient (Wildman–Crippen LogP) is 1.19. The number of nitrogens with zero attached hydrogens (tertiary/aromatic N) is 3. The Kier molecular flexibility index (Phi) is 0.974. The van der Waals surface area contributed by atoms with E-state index in [9.17, 15) is 0 Å². The van der Waals surface area contributed by atoms with Gasteiger partial charge in [-0.1, -0.05) is 0 Å². The molecule has 3 heteroatoms. The topological polar surface area (TPSA) is 30.7 Å². The van der Waals surface area contributed by atoms with E-state index in [1.54, 1.807) is 18.7 Å². The molecule has 0 fully saturated rings. The molecule has 2 aromatic rings. The Balaban J connectivity index is 0.000000605. The summed E-state index contributed by atoms with van der Waals surface area (Å²) in [6.45, 7) is 0. The first-order chi connectivity index (χ1) is 4.88. The van der Waals surface area contributed by atoms with Crippen molar-refractivity contribution in [3.05, 3.63) is 24.8 Å². The van der Waals surface area contributed by atoms with Crippen LogP contribution in [-0.4, -0.2) is 14.5 Å². The van der Waals surface area contributed by atoms with Crippen molar-refractivity contribution in [1.29, 1.82) is 0 Å². The van der Waals surface area contributed by atoms with Gasteiger partial charge in [-0.15, -0.1) is 0 Å². The van der Waals surface area contributed by atoms with Crippen molar-refractivity contribution in [2.75, 3.05) is 0 Å². The van der Waals surface area contributed by atoms with Crippen LogP contribution >= 0.6 is 0 Å². The smallest absolute Gasteiger partial charge is 0.334 e. The minimum Gasteiger partial charge on any atom is -0.334 e. The average molecular weight is 135 g/mol. The van der Waals surface area contributed by atoms with Gasteiger partial charge in [0.1, 0.15) is 5.52 Å². The lowest BCUT2D eigenvalue weighted by Crippen LogP contribution is -1.82. The molecule has 0 saturated heterocycles. The summed E-state index contributed by atoms with van der Waals surface area (Å²) in [5.74, 6) is 0. The van der Waals surface area contributed by atoms with Crippen molar-refractivity contribution in [3.63, 3.8) is 0 Å². The number of hydrogen-bond donors (Lipinski definition) is 0. The number of fused-ring (bicyclic) bond motifs is 1. The maximum Gasteiger partial charge on any atom is 1.00 e. The van der Waals surface area contributed by atoms with Gasteiger partial charge in [0, 0.05) is 13.2 Å². The Labute approximate surface area is 61.3 Å². The van der Waals surface area contributed by atoms with Crippen LogP contribution in [0.25, 0.3) is 11.0 Å². The lowest BCUT2D eigenvalue weighted by molar-refractivity contribution is 0.947. The SMILES string of the molecule is Cn1cnc2cnccc21.[H+].[H+]. The maximum absolute atomic E-state index is 4.12. The average Bonchev–Trinajstić information content (AvgIpc) is 2.34. The molecule has 2 rings (SSSR count). The van der Waals surface area contributed by atoms with Crippen LogP contribution in [-0.2, 0) is 7.05 Å². The molecule has 0 atom stereocenters. The summed E-state index contributed by atoms with van der Waals surface area (Å²) in [6.07, 6.45) is 5.31. The fourth-order valence-corrected chi connectivity index (χ4v) is 0.988. The molecule has 0 N–H and O–H groups in total. The van der Waals surface area contributed by atoms with Crippen molar-refractivity contribution in [2.24, 2.45) is 7.05 Å². The van der Waals surface area contributed by atoms with Crippen molar-refractivity contribution in [2.45, 2.75) is 0 Å². The highest BCUT2D eigenvalue weighted by molar-refractivity contribution is 5.73. The van der Waals surface area contributed by atoms with Gasteiger partial charge in [0.15, 0.2) is 0 Å². The molecule has 0 aliphatic rings. The van der Waals surface area contributed by atoms with Crippen LogP contribution in [0.1, 0.15) is 2.85 Å². The molecule has 3 nitrogen and oxygen atoms in total. The lowest BCUT2D eigenvalue weighted by Gasteiger charge is -1.89. The molecule has 0 unspecified atom stereocenters. The third-order valence-corrected chi connectivity index (χ3v) is 1.53. The van der Waals surface area contributed by atoms with E-state index in [4.69, 9.17) is 0 Å². The third-order valence-electron chi connectivity index (χ3n) is 1.53. The van der Waals surface area contributed by atoms with Gasteiger partial charge in [-0.05, 0) is 6.07 Å². The van der Waals surface area contributed by atoms with Crippen LogP contribution in [0, 0.1) is 0 Å². The largest absolute Gasteiger partial charge is 1.00 e. The molecule has 0 saturated carbocycles. The highest BCUT2D eigenvalue weighted by Crippen LogP contribution is 2.06. The molecule has 0 aliphatic heterocycles. The first-order valence-electron chi connectivity index (χ1n) is 3.09. The zero-order chi connectivity index (χ0) is 6.97. The number of aromatic nitrogens is 3. The minimum absolute atomic E-state index is 0. The van der Waals surface area contributed by atoms with Gasteiger partial charge in [0.25, 0.3) is 0 Å². The van der Waals surface area contributed by atoms with E-state index in [1.807, 2.05) is 17.7 Å². The lowest BCUT2D eigenvalue weighted by atomic mass is 10.4. The van der Waals surface area contributed by atoms with E-state index in [0.29, 0.717) is 0 Å². The van der Waals surface area contributed by atoms with E-state index in [0.717, 1.165) is 11.0 Å². The van der Waals surface area contributed by atoms with Crippen LogP contribution in [0.2, 0.25) is 0 Å². The van der Waals surface area contributed by atoms with Crippen LogP contribution in [0.15, 0.2) is 24.8 Å². The quantitative estimate of drug-likeness (QED) is 0.543. The van der Waals surface area contributed by atoms with Gasteiger partial charge in [0.2, 0.25) is 0 Å². The standard InChI is InChI=1S/C7H7N3/c1-10-5-9-6-4-8-3-2-7(6)10/h2-5H,1H3/p+2. The van der Waals surface area contributed by atoms with Crippen LogP contribution in [0.3, 0.4) is 0 Å². The molecular weight excluding hydrogens is 126 g/mol. The minimum atomic E-state index is 0. The van der Waals surface area contributed by atoms with Gasteiger partial charge in [-0.3, -0.25) is 4.98 Å². The Morgan fingerprint density at radius 1 is 1.60 bits per heavy atom. The second-order valence-electron chi connectivity index (χ2n) is 2.22. The number of rotatable bonds is 0. The summed E-state index contributed by atoms with van der Waals surface area (Å²) < 4.78 is 1.97. The van der Waals surface area contributed by atoms with Crippen molar-refractivity contribution >= 4 is 11.0 Å². The van der Waals surface area contributed by atoms with Crippen LogP contribution in [0.4, 0.5) is 0 Å². The molecule has 2 aromatic heterocycles. The number of pyridine rings is 1. The highest BCUT2D eigenvalue weighted by atomic mass is 15.0. The molecule has 2 heterocycles. The van der Waals surface area contributed by atoms with Gasteiger partial charge in [-0.25, -0.2) is 4.98 Å². The van der Waals surface area contributed by atoms with Crippen LogP contribution in [0.5, 0.6) is 0 Å². The Morgan fingerprint density at radius 2 is 2.50 bits per heavy atom. The van der Waals surface area contributed by atoms with E-state index >= 15 is 0 Å². The molecule has 0 radical (unpaired) electrons. The first-order valence-corrected chi connectivity index (χ1v) is 3.09. The molecule has 0 amide bonds. The van der Waals surface area contributed by atoms with Crippen molar-refractivity contribution in [1.82, 2.24) is 14.5 Å². The Bertz CT molecular complexity index is 358. The fraction of sp³-hybridized carbons (Fsp3) is 0.143. The number of aryl methyl sites for hydroxylation is 1. The second-order valence-corrected chi connectivity index (χ2v) is 2.22. The molecule has 0 spiro atoms. The number of hydrogen-bond acceptors (Lipinski definition) is 2. The summed E-state index contributed by atoms with van der Waals surface area (Å²) in [6, 6.07) is 1.95. The van der Waals surface area contributed by atoms with Gasteiger partial charge < -0.3 is 4.57 Å². The van der Waals surface area contributed by atoms with Gasteiger partial charge in [0.05, 0.1) is 18.0 Å². The van der Waals surface area contributed by atoms with Crippen LogP contribution < -0.4 is 0 Å². The summed E-state index contributed by atoms with van der Waals surface area (Å²) in [4.78, 5) is 8.07. The zero-order valence-electron chi connectivity index (χ0n) is 7.65. The second kappa shape index (κ2) is 1.80. The molecule has 50 valence electrons. The highest BCUT2D eigenvalue weighted by Gasteiger charge is 1.94. The number of imidazole rings is 1. The molecule has 10 heavy (non-hydrogen) atoms. The van der Waals surface area contributed by atoms with Crippen molar-refractivity contribution in [3.8, 4) is 0 Å². The summed E-state index contributed by atoms with van der Waals surface area (Å²) in [7, 11) is 1.97. The summed E-state index contributed by atoms with van der Waals surface area (Å²) in [5.41, 5.74) is 2.07. The monoisotopic (exact) mass is 135 g/mol. The molecule has 0 aliphatic carbocycles. The molecular formula is C7H9N3+2. The first kappa shape index (κ1) is 5.41. The Morgan fingerprint density at radius 3 is 3.30 bits per heavy atom. The molecule has 0 aromatic carbocycles. The predicted molar refractivity (Wildman–Crippen MR) is 40.7 cm³/mol. The van der Waals surface area contributed by atoms with Gasteiger partial charge in [-0.2, -0.15) is 0 Å². The molecule has 0 bridgehead atoms. The fourth-order valence-electron chi connectivity index (χ4n) is 0.988. The van der Waals surface area contributed by atoms with Gasteiger partial charge >= 0.3 is 2.85 Å². The summed E-state index contributed by atoms with van der Waals surface area (Å²) >= 11 is 0. The van der Waals surface area contributed by atoms with Crippen molar-refractivity contribution < 1.29 is 2.85 Å². The zero-order valence-corrected chi connectivity index (χ0v) is 5.65.